The van der Waals surface area contributed by atoms with Gasteiger partial charge in [-0.3, -0.25) is 15.6 Å². The van der Waals surface area contributed by atoms with Gasteiger partial charge in [-0.25, -0.2) is 10.2 Å². The van der Waals surface area contributed by atoms with Crippen LogP contribution in [0.25, 0.3) is 0 Å². The zero-order valence-corrected chi connectivity index (χ0v) is 12.6. The Bertz CT molecular complexity index is 765. The number of carbonyl (C=O) groups excluding carboxylic acids is 1. The molecule has 23 heavy (non-hydrogen) atoms. The molecule has 1 aliphatic rings. The number of benzene rings is 1. The molecule has 0 saturated heterocycles. The van der Waals surface area contributed by atoms with E-state index in [0.717, 1.165) is 41.9 Å². The molecule has 1 amide bonds. The minimum atomic E-state index is -0.456. The molecule has 1 aliphatic carbocycles. The van der Waals surface area contributed by atoms with E-state index in [4.69, 9.17) is 10.3 Å². The highest BCUT2D eigenvalue weighted by Crippen LogP contribution is 2.30. The number of hydrazine groups is 1. The number of amides is 1. The Kier molecular flexibility index (Phi) is 4.12. The van der Waals surface area contributed by atoms with Gasteiger partial charge in [0.25, 0.3) is 0 Å². The summed E-state index contributed by atoms with van der Waals surface area (Å²) in [5, 5.41) is 4.41. The number of nitrogens with zero attached hydrogens (tertiary/aromatic N) is 1. The Morgan fingerprint density at radius 2 is 2.04 bits per heavy atom. The van der Waals surface area contributed by atoms with E-state index < -0.39 is 5.91 Å². The molecule has 0 spiro atoms. The van der Waals surface area contributed by atoms with Crippen LogP contribution in [0.4, 0.5) is 10.1 Å². The maximum absolute atomic E-state index is 12.9. The highest BCUT2D eigenvalue weighted by atomic mass is 19.1. The van der Waals surface area contributed by atoms with Gasteiger partial charge in [-0.2, -0.15) is 5.10 Å². The number of aryl methyl sites for hydroxylation is 1. The number of fused-ring (bicyclic) bond motifs is 1. The lowest BCUT2D eigenvalue weighted by molar-refractivity contribution is 0.0923. The molecule has 1 aromatic heterocycles. The van der Waals surface area contributed by atoms with Crippen LogP contribution in [0, 0.1) is 12.7 Å². The number of anilines is 1. The molecular formula is C16H17FN4O2. The van der Waals surface area contributed by atoms with Gasteiger partial charge in [0, 0.05) is 17.5 Å². The van der Waals surface area contributed by atoms with Gasteiger partial charge >= 0.3 is 5.91 Å². The quantitative estimate of drug-likeness (QED) is 0.461. The Morgan fingerprint density at radius 3 is 2.74 bits per heavy atom. The van der Waals surface area contributed by atoms with Crippen LogP contribution < -0.4 is 16.7 Å². The summed E-state index contributed by atoms with van der Waals surface area (Å²) < 4.78 is 18.6. The topological polar surface area (TPSA) is 92.7 Å². The smallest absolute Gasteiger partial charge is 0.301 e. The summed E-state index contributed by atoms with van der Waals surface area (Å²) in [4.78, 5) is 11.7. The number of hydrazone groups is 1. The zero-order chi connectivity index (χ0) is 16.4. The Labute approximate surface area is 132 Å². The summed E-state index contributed by atoms with van der Waals surface area (Å²) in [6, 6.07) is 5.94. The maximum atomic E-state index is 12.9. The molecule has 1 aromatic carbocycles. The summed E-state index contributed by atoms with van der Waals surface area (Å²) in [6.45, 7) is 1.81. The molecule has 2 aromatic rings. The van der Waals surface area contributed by atoms with Crippen molar-refractivity contribution in [3.63, 3.8) is 0 Å². The molecule has 6 nitrogen and oxygen atoms in total. The largest absolute Gasteiger partial charge is 0.455 e. The van der Waals surface area contributed by atoms with E-state index in [0.29, 0.717) is 5.69 Å². The SMILES string of the molecule is Cc1c(C(=O)NN)oc2c1/C(=N/Nc1ccc(F)cc1)CCC2. The normalized spacial score (nSPS) is 15.3. The molecule has 0 aliphatic heterocycles. The van der Waals surface area contributed by atoms with Crippen LogP contribution in [0.5, 0.6) is 0 Å². The van der Waals surface area contributed by atoms with E-state index in [1.54, 1.807) is 12.1 Å². The molecule has 1 heterocycles. The first kappa shape index (κ1) is 15.2. The monoisotopic (exact) mass is 316 g/mol. The third kappa shape index (κ3) is 2.95. The molecule has 120 valence electrons. The van der Waals surface area contributed by atoms with E-state index in [1.807, 2.05) is 6.92 Å². The number of rotatable bonds is 3. The summed E-state index contributed by atoms with van der Waals surface area (Å²) in [7, 11) is 0. The molecule has 0 atom stereocenters. The van der Waals surface area contributed by atoms with Gasteiger partial charge in [0.15, 0.2) is 5.76 Å². The second-order valence-corrected chi connectivity index (χ2v) is 5.36. The van der Waals surface area contributed by atoms with Crippen LogP contribution in [-0.4, -0.2) is 11.6 Å². The minimum Gasteiger partial charge on any atom is -0.455 e. The van der Waals surface area contributed by atoms with Crippen LogP contribution in [-0.2, 0) is 6.42 Å². The fraction of sp³-hybridized carbons (Fsp3) is 0.250. The van der Waals surface area contributed by atoms with Gasteiger partial charge in [-0.05, 0) is 44.0 Å². The number of hydrogen-bond donors (Lipinski definition) is 3. The van der Waals surface area contributed by atoms with Crippen LogP contribution in [0.2, 0.25) is 0 Å². The highest BCUT2D eigenvalue weighted by molar-refractivity contribution is 6.06. The van der Waals surface area contributed by atoms with E-state index in [1.165, 1.54) is 12.1 Å². The van der Waals surface area contributed by atoms with E-state index in [-0.39, 0.29) is 11.6 Å². The number of nitrogen functional groups attached to an aromatic ring is 1. The lowest BCUT2D eigenvalue weighted by Gasteiger charge is -2.13. The van der Waals surface area contributed by atoms with Crippen molar-refractivity contribution in [2.24, 2.45) is 10.9 Å². The average Bonchev–Trinajstić information content (AvgIpc) is 2.91. The number of nitrogens with two attached hydrogens (primary N) is 1. The fourth-order valence-electron chi connectivity index (χ4n) is 2.72. The van der Waals surface area contributed by atoms with E-state index in [2.05, 4.69) is 16.0 Å². The summed E-state index contributed by atoms with van der Waals surface area (Å²) in [6.07, 6.45) is 2.41. The number of nitrogens with one attached hydrogen (secondary N) is 2. The van der Waals surface area contributed by atoms with Crippen molar-refractivity contribution >= 4 is 17.3 Å². The standard InChI is InChI=1S/C16H17FN4O2/c1-9-14-12(21-20-11-7-5-10(17)6-8-11)3-2-4-13(14)23-15(9)16(22)19-18/h5-8,20H,2-4,18H2,1H3,(H,19,22)/b21-12+. The lowest BCUT2D eigenvalue weighted by atomic mass is 9.93. The van der Waals surface area contributed by atoms with E-state index >= 15 is 0 Å². The zero-order valence-electron chi connectivity index (χ0n) is 12.6. The molecule has 0 bridgehead atoms. The number of furan rings is 1. The van der Waals surface area contributed by atoms with Gasteiger partial charge in [0.2, 0.25) is 0 Å². The van der Waals surface area contributed by atoms with Crippen LogP contribution in [0.1, 0.15) is 40.3 Å². The number of hydrogen-bond acceptors (Lipinski definition) is 5. The number of carbonyl (C=O) groups is 1. The van der Waals surface area contributed by atoms with Crippen molar-refractivity contribution in [3.05, 3.63) is 52.7 Å². The summed E-state index contributed by atoms with van der Waals surface area (Å²) in [5.41, 5.74) is 8.08. The van der Waals surface area contributed by atoms with Gasteiger partial charge in [-0.15, -0.1) is 0 Å². The highest BCUT2D eigenvalue weighted by Gasteiger charge is 2.27. The van der Waals surface area contributed by atoms with Gasteiger partial charge in [0.1, 0.15) is 11.6 Å². The molecule has 0 fully saturated rings. The van der Waals surface area contributed by atoms with Gasteiger partial charge in [-0.1, -0.05) is 0 Å². The summed E-state index contributed by atoms with van der Waals surface area (Å²) >= 11 is 0. The third-order valence-electron chi connectivity index (χ3n) is 3.83. The molecule has 7 heteroatoms. The Morgan fingerprint density at radius 1 is 1.30 bits per heavy atom. The molecule has 0 radical (unpaired) electrons. The second kappa shape index (κ2) is 6.21. The summed E-state index contributed by atoms with van der Waals surface area (Å²) in [5.74, 6) is 5.38. The van der Waals surface area contributed by atoms with Crippen molar-refractivity contribution in [3.8, 4) is 0 Å². The lowest BCUT2D eigenvalue weighted by Crippen LogP contribution is -2.30. The Hall–Kier alpha value is -2.67. The minimum absolute atomic E-state index is 0.217. The molecular weight excluding hydrogens is 299 g/mol. The van der Waals surface area contributed by atoms with Crippen molar-refractivity contribution in [1.82, 2.24) is 5.43 Å². The first-order chi connectivity index (χ1) is 11.1. The maximum Gasteiger partial charge on any atom is 0.301 e. The number of halogens is 1. The first-order valence-corrected chi connectivity index (χ1v) is 7.32. The van der Waals surface area contributed by atoms with Crippen LogP contribution in [0.15, 0.2) is 33.8 Å². The molecule has 3 rings (SSSR count). The van der Waals surface area contributed by atoms with Gasteiger partial charge in [0.05, 0.1) is 11.4 Å². The van der Waals surface area contributed by atoms with Gasteiger partial charge < -0.3 is 4.42 Å². The first-order valence-electron chi connectivity index (χ1n) is 7.32. The Balaban J connectivity index is 1.91. The van der Waals surface area contributed by atoms with Crippen molar-refractivity contribution in [2.75, 3.05) is 5.43 Å². The van der Waals surface area contributed by atoms with Crippen molar-refractivity contribution in [1.29, 1.82) is 0 Å². The van der Waals surface area contributed by atoms with Crippen molar-refractivity contribution < 1.29 is 13.6 Å². The molecule has 0 saturated carbocycles. The third-order valence-corrected chi connectivity index (χ3v) is 3.83. The predicted octanol–water partition coefficient (Wildman–Crippen LogP) is 2.48. The molecule has 0 unspecified atom stereocenters. The van der Waals surface area contributed by atoms with Crippen LogP contribution in [0.3, 0.4) is 0 Å². The van der Waals surface area contributed by atoms with E-state index in [9.17, 15) is 9.18 Å². The average molecular weight is 316 g/mol. The fourth-order valence-corrected chi connectivity index (χ4v) is 2.72. The predicted molar refractivity (Wildman–Crippen MR) is 84.6 cm³/mol. The second-order valence-electron chi connectivity index (χ2n) is 5.36. The molecule has 4 N–H and O–H groups in total. The van der Waals surface area contributed by atoms with Crippen LogP contribution >= 0.6 is 0 Å². The van der Waals surface area contributed by atoms with Crippen molar-refractivity contribution in [2.45, 2.75) is 26.2 Å².